The maximum Gasteiger partial charge on any atom is 0.137 e. The van der Waals surface area contributed by atoms with Crippen LogP contribution in [0.25, 0.3) is 0 Å². The Bertz CT molecular complexity index is 292. The van der Waals surface area contributed by atoms with E-state index in [1.54, 1.807) is 7.11 Å². The van der Waals surface area contributed by atoms with Crippen LogP contribution in [-0.4, -0.2) is 44.1 Å². The Morgan fingerprint density at radius 3 is 2.59 bits per heavy atom. The molecule has 0 bridgehead atoms. The highest BCUT2D eigenvalue weighted by Gasteiger charge is 2.10. The van der Waals surface area contributed by atoms with Gasteiger partial charge in [-0.3, -0.25) is 0 Å². The Morgan fingerprint density at radius 2 is 1.94 bits per heavy atom. The Balaban J connectivity index is 2.15. The van der Waals surface area contributed by atoms with Crippen molar-refractivity contribution in [2.75, 3.05) is 26.9 Å². The molecule has 1 aromatic rings. The summed E-state index contributed by atoms with van der Waals surface area (Å²) in [4.78, 5) is 0. The highest BCUT2D eigenvalue weighted by Crippen LogP contribution is 2.07. The quantitative estimate of drug-likeness (QED) is 0.674. The van der Waals surface area contributed by atoms with E-state index in [0.29, 0.717) is 25.8 Å². The summed E-state index contributed by atoms with van der Waals surface area (Å²) in [7, 11) is 1.68. The van der Waals surface area contributed by atoms with E-state index in [4.69, 9.17) is 9.47 Å². The molecular weight excluding hydrogens is 218 g/mol. The molecule has 0 spiro atoms. The number of hydrogen-bond donors (Lipinski definition) is 2. The summed E-state index contributed by atoms with van der Waals surface area (Å²) < 4.78 is 10.5. The van der Waals surface area contributed by atoms with Crippen molar-refractivity contribution in [3.8, 4) is 5.75 Å². The molecule has 0 unspecified atom stereocenters. The van der Waals surface area contributed by atoms with Crippen LogP contribution in [0.1, 0.15) is 6.92 Å². The molecule has 0 aliphatic heterocycles. The van der Waals surface area contributed by atoms with Crippen LogP contribution in [0.15, 0.2) is 30.3 Å². The summed E-state index contributed by atoms with van der Waals surface area (Å²) in [6.07, 6.45) is -0.463. The van der Waals surface area contributed by atoms with Gasteiger partial charge in [0.05, 0.1) is 6.61 Å². The average molecular weight is 240 g/mol. The second kappa shape index (κ2) is 8.06. The fourth-order valence-electron chi connectivity index (χ4n) is 1.50. The van der Waals surface area contributed by atoms with E-state index in [9.17, 15) is 5.11 Å². The summed E-state index contributed by atoms with van der Waals surface area (Å²) in [6.45, 7) is 3.69. The van der Waals surface area contributed by atoms with Crippen molar-refractivity contribution >= 4 is 0 Å². The Kier molecular flexibility index (Phi) is 6.62. The maximum absolute atomic E-state index is 9.73. The molecular formula is C13H22NO3+. The van der Waals surface area contributed by atoms with E-state index in [2.05, 4.69) is 12.2 Å². The van der Waals surface area contributed by atoms with Crippen LogP contribution in [0.3, 0.4) is 0 Å². The third-order valence-electron chi connectivity index (χ3n) is 2.43. The molecule has 4 nitrogen and oxygen atoms in total. The zero-order valence-corrected chi connectivity index (χ0v) is 10.5. The van der Waals surface area contributed by atoms with Crippen molar-refractivity contribution in [3.05, 3.63) is 30.3 Å². The van der Waals surface area contributed by atoms with Gasteiger partial charge in [0.1, 0.15) is 31.0 Å². The van der Waals surface area contributed by atoms with E-state index in [1.165, 1.54) is 0 Å². The first-order valence-corrected chi connectivity index (χ1v) is 5.90. The molecule has 0 aliphatic rings. The van der Waals surface area contributed by atoms with Crippen molar-refractivity contribution in [2.45, 2.75) is 19.1 Å². The van der Waals surface area contributed by atoms with Crippen molar-refractivity contribution in [3.63, 3.8) is 0 Å². The first kappa shape index (κ1) is 14.0. The Morgan fingerprint density at radius 1 is 1.24 bits per heavy atom. The molecule has 0 saturated heterocycles. The monoisotopic (exact) mass is 240 g/mol. The lowest BCUT2D eigenvalue weighted by atomic mass is 10.3. The van der Waals surface area contributed by atoms with Crippen LogP contribution in [-0.2, 0) is 4.74 Å². The summed E-state index contributed by atoms with van der Waals surface area (Å²) in [6, 6.07) is 9.87. The summed E-state index contributed by atoms with van der Waals surface area (Å²) in [5.74, 6) is 0.788. The lowest BCUT2D eigenvalue weighted by Crippen LogP contribution is -2.92. The molecule has 0 aliphatic carbocycles. The lowest BCUT2D eigenvalue weighted by Gasteiger charge is -2.14. The largest absolute Gasteiger partial charge is 0.491 e. The molecule has 17 heavy (non-hydrogen) atoms. The van der Waals surface area contributed by atoms with Gasteiger partial charge in [0.2, 0.25) is 0 Å². The van der Waals surface area contributed by atoms with E-state index < -0.39 is 6.10 Å². The zero-order chi connectivity index (χ0) is 12.5. The molecule has 0 radical (unpaired) electrons. The Hall–Kier alpha value is -1.10. The Labute approximate surface area is 103 Å². The van der Waals surface area contributed by atoms with Crippen LogP contribution in [0, 0.1) is 0 Å². The second-order valence-corrected chi connectivity index (χ2v) is 4.18. The molecule has 0 heterocycles. The number of methoxy groups -OCH3 is 1. The van der Waals surface area contributed by atoms with Gasteiger partial charge in [-0.25, -0.2) is 0 Å². The van der Waals surface area contributed by atoms with E-state index in [-0.39, 0.29) is 0 Å². The topological polar surface area (TPSA) is 55.3 Å². The number of quaternary nitrogens is 1. The number of ether oxygens (including phenoxy) is 2. The number of aliphatic hydroxyl groups excluding tert-OH is 1. The molecule has 2 atom stereocenters. The number of benzene rings is 1. The molecule has 1 rings (SSSR count). The molecule has 3 N–H and O–H groups in total. The average Bonchev–Trinajstić information content (AvgIpc) is 2.35. The minimum atomic E-state index is -0.463. The van der Waals surface area contributed by atoms with Crippen molar-refractivity contribution in [2.24, 2.45) is 0 Å². The fourth-order valence-corrected chi connectivity index (χ4v) is 1.50. The first-order chi connectivity index (χ1) is 8.22. The van der Waals surface area contributed by atoms with Gasteiger partial charge in [-0.15, -0.1) is 0 Å². The summed E-state index contributed by atoms with van der Waals surface area (Å²) in [5.41, 5.74) is 0. The molecule has 1 aromatic carbocycles. The van der Waals surface area contributed by atoms with E-state index in [1.807, 2.05) is 30.3 Å². The smallest absolute Gasteiger partial charge is 0.137 e. The van der Waals surface area contributed by atoms with Crippen LogP contribution in [0.5, 0.6) is 5.75 Å². The number of aliphatic hydroxyl groups is 1. The minimum absolute atomic E-state index is 0.320. The van der Waals surface area contributed by atoms with Crippen molar-refractivity contribution in [1.29, 1.82) is 0 Å². The molecule has 96 valence electrons. The second-order valence-electron chi connectivity index (χ2n) is 4.18. The third-order valence-corrected chi connectivity index (χ3v) is 2.43. The van der Waals surface area contributed by atoms with Crippen LogP contribution in [0.4, 0.5) is 0 Å². The predicted molar refractivity (Wildman–Crippen MR) is 66.1 cm³/mol. The zero-order valence-electron chi connectivity index (χ0n) is 10.5. The van der Waals surface area contributed by atoms with Crippen LogP contribution in [0.2, 0.25) is 0 Å². The van der Waals surface area contributed by atoms with Gasteiger partial charge in [-0.05, 0) is 19.1 Å². The van der Waals surface area contributed by atoms with E-state index in [0.717, 1.165) is 5.75 Å². The summed E-state index contributed by atoms with van der Waals surface area (Å²) in [5, 5.41) is 11.8. The van der Waals surface area contributed by atoms with Gasteiger partial charge >= 0.3 is 0 Å². The van der Waals surface area contributed by atoms with Crippen molar-refractivity contribution < 1.29 is 19.9 Å². The third kappa shape index (κ3) is 6.26. The highest BCUT2D eigenvalue weighted by molar-refractivity contribution is 5.20. The fraction of sp³-hybridized carbons (Fsp3) is 0.538. The SMILES string of the molecule is COC[C@H](C)[NH2+]C[C@H](O)COc1ccccc1. The van der Waals surface area contributed by atoms with E-state index >= 15 is 0 Å². The first-order valence-electron chi connectivity index (χ1n) is 5.90. The van der Waals surface area contributed by atoms with Gasteiger partial charge in [0.25, 0.3) is 0 Å². The van der Waals surface area contributed by atoms with Gasteiger partial charge in [0, 0.05) is 7.11 Å². The molecule has 4 heteroatoms. The summed E-state index contributed by atoms with van der Waals surface area (Å²) >= 11 is 0. The number of nitrogens with two attached hydrogens (primary N) is 1. The predicted octanol–water partition coefficient (Wildman–Crippen LogP) is 0.0246. The number of rotatable bonds is 8. The van der Waals surface area contributed by atoms with Gasteiger partial charge < -0.3 is 19.9 Å². The molecule has 0 saturated carbocycles. The lowest BCUT2D eigenvalue weighted by molar-refractivity contribution is -0.693. The molecule has 0 amide bonds. The number of hydrogen-bond acceptors (Lipinski definition) is 3. The van der Waals surface area contributed by atoms with Crippen LogP contribution < -0.4 is 10.1 Å². The van der Waals surface area contributed by atoms with Gasteiger partial charge in [-0.2, -0.15) is 0 Å². The van der Waals surface area contributed by atoms with Gasteiger partial charge in [-0.1, -0.05) is 18.2 Å². The maximum atomic E-state index is 9.73. The van der Waals surface area contributed by atoms with Crippen molar-refractivity contribution in [1.82, 2.24) is 0 Å². The van der Waals surface area contributed by atoms with Crippen LogP contribution >= 0.6 is 0 Å². The van der Waals surface area contributed by atoms with Gasteiger partial charge in [0.15, 0.2) is 0 Å². The molecule has 0 aromatic heterocycles. The standard InChI is InChI=1S/C13H21NO3/c1-11(9-16-2)14-8-12(15)10-17-13-6-4-3-5-7-13/h3-7,11-12,14-15H,8-10H2,1-2H3/p+1/t11-,12-/m0/s1. The number of para-hydroxylation sites is 1. The normalized spacial score (nSPS) is 14.3. The highest BCUT2D eigenvalue weighted by atomic mass is 16.5. The molecule has 0 fully saturated rings. The minimum Gasteiger partial charge on any atom is -0.491 e.